The second-order valence-corrected chi connectivity index (χ2v) is 4.99. The van der Waals surface area contributed by atoms with Crippen molar-refractivity contribution in [3.05, 3.63) is 47.5 Å². The van der Waals surface area contributed by atoms with Gasteiger partial charge in [-0.2, -0.15) is 5.10 Å². The largest absolute Gasteiger partial charge is 0.321 e. The lowest BCUT2D eigenvalue weighted by molar-refractivity contribution is 0.649. The summed E-state index contributed by atoms with van der Waals surface area (Å²) in [5.74, 6) is 1.25. The number of benzene rings is 1. The van der Waals surface area contributed by atoms with E-state index in [1.54, 1.807) is 6.33 Å². The van der Waals surface area contributed by atoms with Crippen molar-refractivity contribution in [1.82, 2.24) is 14.8 Å². The summed E-state index contributed by atoms with van der Waals surface area (Å²) in [6, 6.07) is 8.51. The van der Waals surface area contributed by atoms with Crippen molar-refractivity contribution in [2.24, 2.45) is 5.73 Å². The maximum Gasteiger partial charge on any atom is 0.166 e. The highest BCUT2D eigenvalue weighted by molar-refractivity contribution is 5.24. The quantitative estimate of drug-likeness (QED) is 0.898. The minimum atomic E-state index is -0.116. The third-order valence-corrected chi connectivity index (χ3v) is 2.95. The number of nitrogens with zero attached hydrogens (tertiary/aromatic N) is 3. The maximum absolute atomic E-state index is 5.74. The number of rotatable bonds is 4. The molecule has 1 unspecified atom stereocenters. The summed E-state index contributed by atoms with van der Waals surface area (Å²) in [5, 5.41) is 4.34. The normalized spacial score (nSPS) is 12.9. The van der Waals surface area contributed by atoms with Crippen LogP contribution in [0, 0.1) is 0 Å². The lowest BCUT2D eigenvalue weighted by atomic mass is 10.0. The van der Waals surface area contributed by atoms with Gasteiger partial charge in [-0.15, -0.1) is 0 Å². The Bertz CT molecular complexity index is 497. The third kappa shape index (κ3) is 2.96. The van der Waals surface area contributed by atoms with Gasteiger partial charge < -0.3 is 5.73 Å². The van der Waals surface area contributed by atoms with Gasteiger partial charge in [0.05, 0.1) is 12.6 Å². The zero-order valence-electron chi connectivity index (χ0n) is 11.2. The molecule has 96 valence electrons. The van der Waals surface area contributed by atoms with Crippen molar-refractivity contribution in [3.8, 4) is 0 Å². The average Bonchev–Trinajstić information content (AvgIpc) is 2.78. The monoisotopic (exact) mass is 244 g/mol. The first-order chi connectivity index (χ1) is 8.56. The van der Waals surface area contributed by atoms with Gasteiger partial charge in [0.2, 0.25) is 0 Å². The molecule has 0 aliphatic heterocycles. The molecule has 1 aromatic carbocycles. The molecular formula is C14H20N4. The summed E-state index contributed by atoms with van der Waals surface area (Å²) in [4.78, 5) is 4.18. The predicted octanol–water partition coefficient (Wildman–Crippen LogP) is 2.47. The van der Waals surface area contributed by atoms with Crippen LogP contribution in [-0.4, -0.2) is 14.8 Å². The highest BCUT2D eigenvalue weighted by Gasteiger charge is 2.06. The van der Waals surface area contributed by atoms with Gasteiger partial charge in [-0.1, -0.05) is 38.1 Å². The second kappa shape index (κ2) is 5.31. The molecular weight excluding hydrogens is 224 g/mol. The van der Waals surface area contributed by atoms with Crippen molar-refractivity contribution in [2.75, 3.05) is 0 Å². The van der Waals surface area contributed by atoms with Gasteiger partial charge in [0, 0.05) is 0 Å². The molecule has 0 bridgehead atoms. The number of hydrogen-bond donors (Lipinski definition) is 1. The van der Waals surface area contributed by atoms with E-state index in [1.807, 2.05) is 11.6 Å². The van der Waals surface area contributed by atoms with Gasteiger partial charge in [-0.3, -0.25) is 0 Å². The van der Waals surface area contributed by atoms with Crippen molar-refractivity contribution in [3.63, 3.8) is 0 Å². The molecule has 0 aliphatic rings. The predicted molar refractivity (Wildman–Crippen MR) is 72.3 cm³/mol. The molecule has 4 heteroatoms. The van der Waals surface area contributed by atoms with Gasteiger partial charge in [-0.25, -0.2) is 9.67 Å². The van der Waals surface area contributed by atoms with Crippen molar-refractivity contribution >= 4 is 0 Å². The molecule has 1 aromatic heterocycles. The Morgan fingerprint density at radius 1 is 1.17 bits per heavy atom. The molecule has 1 atom stereocenters. The summed E-state index contributed by atoms with van der Waals surface area (Å²) < 4.78 is 1.82. The highest BCUT2D eigenvalue weighted by atomic mass is 15.3. The molecule has 2 aromatic rings. The van der Waals surface area contributed by atoms with Crippen molar-refractivity contribution < 1.29 is 0 Å². The Kier molecular flexibility index (Phi) is 3.77. The van der Waals surface area contributed by atoms with Crippen LogP contribution in [0.15, 0.2) is 30.6 Å². The van der Waals surface area contributed by atoms with Crippen LogP contribution in [0.1, 0.15) is 49.7 Å². The lowest BCUT2D eigenvalue weighted by Gasteiger charge is -2.06. The van der Waals surface area contributed by atoms with E-state index in [9.17, 15) is 0 Å². The van der Waals surface area contributed by atoms with Crippen LogP contribution < -0.4 is 5.73 Å². The fourth-order valence-electron chi connectivity index (χ4n) is 1.79. The molecule has 4 nitrogen and oxygen atoms in total. The van der Waals surface area contributed by atoms with Gasteiger partial charge >= 0.3 is 0 Å². The number of aromatic nitrogens is 3. The average molecular weight is 244 g/mol. The molecule has 0 radical (unpaired) electrons. The van der Waals surface area contributed by atoms with Crippen LogP contribution in [0.4, 0.5) is 0 Å². The Morgan fingerprint density at radius 2 is 1.83 bits per heavy atom. The number of hydrogen-bond acceptors (Lipinski definition) is 3. The molecule has 2 N–H and O–H groups in total. The minimum absolute atomic E-state index is 0.116. The Morgan fingerprint density at radius 3 is 2.33 bits per heavy atom. The van der Waals surface area contributed by atoms with Crippen molar-refractivity contribution in [2.45, 2.75) is 39.3 Å². The summed E-state index contributed by atoms with van der Waals surface area (Å²) in [7, 11) is 0. The molecule has 0 saturated heterocycles. The fourth-order valence-corrected chi connectivity index (χ4v) is 1.79. The summed E-state index contributed by atoms with van der Waals surface area (Å²) in [5.41, 5.74) is 8.31. The van der Waals surface area contributed by atoms with Crippen molar-refractivity contribution in [1.29, 1.82) is 0 Å². The van der Waals surface area contributed by atoms with E-state index in [4.69, 9.17) is 5.73 Å². The third-order valence-electron chi connectivity index (χ3n) is 2.95. The van der Waals surface area contributed by atoms with Crippen LogP contribution in [-0.2, 0) is 6.54 Å². The molecule has 18 heavy (non-hydrogen) atoms. The van der Waals surface area contributed by atoms with Crippen LogP contribution in [0.2, 0.25) is 0 Å². The van der Waals surface area contributed by atoms with Crippen LogP contribution in [0.5, 0.6) is 0 Å². The molecule has 1 heterocycles. The zero-order valence-corrected chi connectivity index (χ0v) is 11.2. The lowest BCUT2D eigenvalue weighted by Crippen LogP contribution is -2.08. The first-order valence-electron chi connectivity index (χ1n) is 6.30. The van der Waals surface area contributed by atoms with E-state index < -0.39 is 0 Å². The van der Waals surface area contributed by atoms with E-state index in [0.29, 0.717) is 11.7 Å². The smallest absolute Gasteiger partial charge is 0.166 e. The van der Waals surface area contributed by atoms with Crippen LogP contribution >= 0.6 is 0 Å². The van der Waals surface area contributed by atoms with E-state index in [-0.39, 0.29) is 6.04 Å². The van der Waals surface area contributed by atoms with Crippen LogP contribution in [0.3, 0.4) is 0 Å². The second-order valence-electron chi connectivity index (χ2n) is 4.99. The molecule has 0 saturated carbocycles. The Labute approximate surface area is 108 Å². The Balaban J connectivity index is 2.08. The maximum atomic E-state index is 5.74. The van der Waals surface area contributed by atoms with Gasteiger partial charge in [0.25, 0.3) is 0 Å². The standard InChI is InChI=1S/C14H20N4/c1-10(2)13-6-4-12(5-7-13)8-18-9-16-14(17-18)11(3)15/h4-7,9-11H,8,15H2,1-3H3. The Hall–Kier alpha value is -1.68. The SMILES string of the molecule is CC(C)c1ccc(Cn2cnc(C(C)N)n2)cc1. The zero-order chi connectivity index (χ0) is 13.1. The molecule has 0 aliphatic carbocycles. The van der Waals surface area contributed by atoms with E-state index >= 15 is 0 Å². The van der Waals surface area contributed by atoms with Gasteiger partial charge in [-0.05, 0) is 24.0 Å². The summed E-state index contributed by atoms with van der Waals surface area (Å²) >= 11 is 0. The van der Waals surface area contributed by atoms with E-state index in [1.165, 1.54) is 11.1 Å². The molecule has 0 fully saturated rings. The molecule has 0 spiro atoms. The highest BCUT2D eigenvalue weighted by Crippen LogP contribution is 2.15. The minimum Gasteiger partial charge on any atom is -0.321 e. The van der Waals surface area contributed by atoms with Crippen LogP contribution in [0.25, 0.3) is 0 Å². The van der Waals surface area contributed by atoms with E-state index in [0.717, 1.165) is 6.54 Å². The summed E-state index contributed by atoms with van der Waals surface area (Å²) in [6.45, 7) is 7.01. The fraction of sp³-hybridized carbons (Fsp3) is 0.429. The summed E-state index contributed by atoms with van der Waals surface area (Å²) in [6.07, 6.45) is 1.73. The molecule has 2 rings (SSSR count). The van der Waals surface area contributed by atoms with Gasteiger partial charge in [0.1, 0.15) is 6.33 Å². The topological polar surface area (TPSA) is 56.7 Å². The first kappa shape index (κ1) is 12.8. The van der Waals surface area contributed by atoms with E-state index in [2.05, 4.69) is 48.2 Å². The number of nitrogens with two attached hydrogens (primary N) is 1. The first-order valence-corrected chi connectivity index (χ1v) is 6.30. The van der Waals surface area contributed by atoms with Gasteiger partial charge in [0.15, 0.2) is 5.82 Å². The molecule has 0 amide bonds.